The summed E-state index contributed by atoms with van der Waals surface area (Å²) >= 11 is 0. The van der Waals surface area contributed by atoms with Crippen LogP contribution in [-0.4, -0.2) is 74.1 Å². The summed E-state index contributed by atoms with van der Waals surface area (Å²) in [6, 6.07) is 7.09. The lowest BCUT2D eigenvalue weighted by molar-refractivity contribution is -0.140. The third-order valence-corrected chi connectivity index (χ3v) is 6.63. The minimum absolute atomic E-state index is 0.0930. The summed E-state index contributed by atoms with van der Waals surface area (Å²) in [6.07, 6.45) is 3.65. The Morgan fingerprint density at radius 3 is 2.50 bits per heavy atom. The van der Waals surface area contributed by atoms with Gasteiger partial charge in [0.1, 0.15) is 5.82 Å². The van der Waals surface area contributed by atoms with Gasteiger partial charge in [0.2, 0.25) is 5.91 Å². The quantitative estimate of drug-likeness (QED) is 0.592. The van der Waals surface area contributed by atoms with E-state index >= 15 is 0 Å². The van der Waals surface area contributed by atoms with E-state index in [1.54, 1.807) is 12.1 Å². The van der Waals surface area contributed by atoms with E-state index in [1.807, 2.05) is 17.0 Å². The Morgan fingerprint density at radius 2 is 1.87 bits per heavy atom. The highest BCUT2D eigenvalue weighted by molar-refractivity contribution is 5.82. The molecule has 2 aliphatic heterocycles. The molecule has 2 saturated heterocycles. The van der Waals surface area contributed by atoms with Crippen molar-refractivity contribution in [3.63, 3.8) is 0 Å². The van der Waals surface area contributed by atoms with Gasteiger partial charge in [-0.05, 0) is 44.2 Å². The van der Waals surface area contributed by atoms with Gasteiger partial charge in [-0.25, -0.2) is 4.39 Å². The third-order valence-electron chi connectivity index (χ3n) is 6.63. The molecule has 1 aromatic rings. The van der Waals surface area contributed by atoms with Crippen molar-refractivity contribution < 1.29 is 13.9 Å². The Balaban J connectivity index is 1.37. The highest BCUT2D eigenvalue weighted by atomic mass is 19.1. The molecule has 3 aliphatic rings. The van der Waals surface area contributed by atoms with Crippen LogP contribution in [0.2, 0.25) is 0 Å². The number of nitrogens with one attached hydrogen (secondary N) is 1. The molecule has 6 nitrogen and oxygen atoms in total. The molecule has 0 spiro atoms. The van der Waals surface area contributed by atoms with Gasteiger partial charge in [0, 0.05) is 44.1 Å². The topological polar surface area (TPSA) is 57.2 Å². The van der Waals surface area contributed by atoms with E-state index in [0.717, 1.165) is 56.8 Å². The lowest BCUT2D eigenvalue weighted by atomic mass is 9.95. The third kappa shape index (κ3) is 4.61. The van der Waals surface area contributed by atoms with Crippen LogP contribution in [-0.2, 0) is 14.9 Å². The minimum Gasteiger partial charge on any atom is -0.378 e. The average molecular weight is 417 g/mol. The first kappa shape index (κ1) is 21.1. The number of amides is 1. The number of ether oxygens (including phenoxy) is 1. The maximum atomic E-state index is 14.3. The molecule has 4 rings (SSSR count). The number of morpholine rings is 1. The molecule has 2 heterocycles. The van der Waals surface area contributed by atoms with Gasteiger partial charge in [0.15, 0.2) is 5.96 Å². The van der Waals surface area contributed by atoms with Gasteiger partial charge in [-0.2, -0.15) is 0 Å². The molecule has 0 atom stereocenters. The summed E-state index contributed by atoms with van der Waals surface area (Å²) in [6.45, 7) is 7.80. The second-order valence-corrected chi connectivity index (χ2v) is 8.63. The van der Waals surface area contributed by atoms with E-state index in [0.29, 0.717) is 32.8 Å². The molecule has 0 radical (unpaired) electrons. The van der Waals surface area contributed by atoms with Gasteiger partial charge in [-0.3, -0.25) is 9.79 Å². The van der Waals surface area contributed by atoms with Gasteiger partial charge in [-0.1, -0.05) is 18.2 Å². The SMILES string of the molecule is CCNC(=NCC1(c2ccccc2F)CC1)N1CCC(C(=O)N2CCOCC2)CC1. The van der Waals surface area contributed by atoms with Crippen LogP contribution in [0.25, 0.3) is 0 Å². The van der Waals surface area contributed by atoms with Crippen LogP contribution in [0.3, 0.4) is 0 Å². The Morgan fingerprint density at radius 1 is 1.17 bits per heavy atom. The Kier molecular flexibility index (Phi) is 6.56. The molecular formula is C23H33FN4O2. The molecule has 1 N–H and O–H groups in total. The van der Waals surface area contributed by atoms with Crippen LogP contribution >= 0.6 is 0 Å². The average Bonchev–Trinajstić information content (AvgIpc) is 3.58. The Labute approximate surface area is 178 Å². The van der Waals surface area contributed by atoms with Gasteiger partial charge in [-0.15, -0.1) is 0 Å². The van der Waals surface area contributed by atoms with Crippen molar-refractivity contribution in [2.75, 3.05) is 52.5 Å². The number of benzene rings is 1. The fourth-order valence-electron chi connectivity index (χ4n) is 4.59. The molecule has 1 aromatic carbocycles. The zero-order valence-electron chi connectivity index (χ0n) is 17.9. The molecule has 3 fully saturated rings. The van der Waals surface area contributed by atoms with Gasteiger partial charge in [0.05, 0.1) is 19.8 Å². The van der Waals surface area contributed by atoms with Crippen molar-refractivity contribution in [3.8, 4) is 0 Å². The summed E-state index contributed by atoms with van der Waals surface area (Å²) in [7, 11) is 0. The highest BCUT2D eigenvalue weighted by Crippen LogP contribution is 2.49. The number of aliphatic imine (C=N–C) groups is 1. The molecule has 0 unspecified atom stereocenters. The number of guanidine groups is 1. The monoisotopic (exact) mass is 416 g/mol. The Bertz CT molecular complexity index is 766. The number of likely N-dealkylation sites (tertiary alicyclic amines) is 1. The standard InChI is InChI=1S/C23H33FN4O2/c1-2-25-22(26-17-23(9-10-23)19-5-3-4-6-20(19)24)28-11-7-18(8-12-28)21(29)27-13-15-30-16-14-27/h3-6,18H,2,7-17H2,1H3,(H,25,26). The first-order valence-corrected chi connectivity index (χ1v) is 11.3. The van der Waals surface area contributed by atoms with E-state index in [9.17, 15) is 9.18 Å². The summed E-state index contributed by atoms with van der Waals surface area (Å²) in [5.41, 5.74) is 0.635. The lowest BCUT2D eigenvalue weighted by Gasteiger charge is -2.37. The molecule has 1 saturated carbocycles. The minimum atomic E-state index is -0.156. The number of rotatable bonds is 5. The normalized spacial score (nSPS) is 22.1. The van der Waals surface area contributed by atoms with Crippen molar-refractivity contribution in [3.05, 3.63) is 35.6 Å². The molecular weight excluding hydrogens is 383 g/mol. The molecule has 7 heteroatoms. The van der Waals surface area contributed by atoms with Crippen LogP contribution in [0.15, 0.2) is 29.3 Å². The van der Waals surface area contributed by atoms with Crippen molar-refractivity contribution in [2.45, 2.75) is 38.0 Å². The molecule has 0 bridgehead atoms. The number of piperidine rings is 1. The second kappa shape index (κ2) is 9.33. The van der Waals surface area contributed by atoms with Crippen molar-refractivity contribution in [1.82, 2.24) is 15.1 Å². The van der Waals surface area contributed by atoms with Crippen molar-refractivity contribution >= 4 is 11.9 Å². The zero-order valence-corrected chi connectivity index (χ0v) is 17.9. The summed E-state index contributed by atoms with van der Waals surface area (Å²) < 4.78 is 19.7. The number of carbonyl (C=O) groups excluding carboxylic acids is 1. The van der Waals surface area contributed by atoms with Crippen molar-refractivity contribution in [1.29, 1.82) is 0 Å². The molecule has 0 aromatic heterocycles. The first-order valence-electron chi connectivity index (χ1n) is 11.3. The molecule has 30 heavy (non-hydrogen) atoms. The first-order chi connectivity index (χ1) is 14.6. The summed E-state index contributed by atoms with van der Waals surface area (Å²) in [4.78, 5) is 21.9. The summed E-state index contributed by atoms with van der Waals surface area (Å²) in [5, 5.41) is 3.40. The predicted octanol–water partition coefficient (Wildman–Crippen LogP) is 2.39. The van der Waals surface area contributed by atoms with Gasteiger partial charge >= 0.3 is 0 Å². The molecule has 164 valence electrons. The predicted molar refractivity (Wildman–Crippen MR) is 115 cm³/mol. The van der Waals surface area contributed by atoms with Crippen LogP contribution < -0.4 is 5.32 Å². The number of nitrogens with zero attached hydrogens (tertiary/aromatic N) is 3. The number of hydrogen-bond donors (Lipinski definition) is 1. The number of carbonyl (C=O) groups is 1. The molecule has 1 aliphatic carbocycles. The van der Waals surface area contributed by atoms with E-state index in [4.69, 9.17) is 9.73 Å². The second-order valence-electron chi connectivity index (χ2n) is 8.63. The van der Waals surface area contributed by atoms with Crippen LogP contribution in [0.4, 0.5) is 4.39 Å². The van der Waals surface area contributed by atoms with E-state index in [1.165, 1.54) is 0 Å². The summed E-state index contributed by atoms with van der Waals surface area (Å²) in [5.74, 6) is 1.13. The Hall–Kier alpha value is -2.15. The van der Waals surface area contributed by atoms with Crippen LogP contribution in [0.1, 0.15) is 38.2 Å². The van der Waals surface area contributed by atoms with E-state index < -0.39 is 0 Å². The van der Waals surface area contributed by atoms with Crippen LogP contribution in [0.5, 0.6) is 0 Å². The van der Waals surface area contributed by atoms with Gasteiger partial charge < -0.3 is 19.9 Å². The fraction of sp³-hybridized carbons (Fsp3) is 0.652. The van der Waals surface area contributed by atoms with E-state index in [-0.39, 0.29) is 23.1 Å². The lowest BCUT2D eigenvalue weighted by Crippen LogP contribution is -2.50. The number of hydrogen-bond acceptors (Lipinski definition) is 3. The highest BCUT2D eigenvalue weighted by Gasteiger charge is 2.46. The largest absolute Gasteiger partial charge is 0.378 e. The smallest absolute Gasteiger partial charge is 0.225 e. The maximum Gasteiger partial charge on any atom is 0.225 e. The maximum absolute atomic E-state index is 14.3. The zero-order chi connectivity index (χ0) is 21.0. The van der Waals surface area contributed by atoms with E-state index in [2.05, 4.69) is 17.1 Å². The van der Waals surface area contributed by atoms with Gasteiger partial charge in [0.25, 0.3) is 0 Å². The van der Waals surface area contributed by atoms with Crippen molar-refractivity contribution in [2.24, 2.45) is 10.9 Å². The van der Waals surface area contributed by atoms with Crippen LogP contribution in [0, 0.1) is 11.7 Å². The molecule has 1 amide bonds. The fourth-order valence-corrected chi connectivity index (χ4v) is 4.59. The number of halogens is 1.